The Kier molecular flexibility index (Phi) is 3.09. The summed E-state index contributed by atoms with van der Waals surface area (Å²) in [6.45, 7) is 5.52. The third-order valence-electron chi connectivity index (χ3n) is 1.56. The number of hydrogen-bond acceptors (Lipinski definition) is 4. The van der Waals surface area contributed by atoms with E-state index in [1.54, 1.807) is 0 Å². The average Bonchev–Trinajstić information content (AvgIpc) is 2.07. The lowest BCUT2D eigenvalue weighted by molar-refractivity contribution is 0.564. The summed E-state index contributed by atoms with van der Waals surface area (Å²) in [6.07, 6.45) is 0. The van der Waals surface area contributed by atoms with Crippen LogP contribution in [0, 0.1) is 11.6 Å². The zero-order valence-electron chi connectivity index (χ0n) is 8.86. The van der Waals surface area contributed by atoms with Gasteiger partial charge in [0.05, 0.1) is 0 Å². The first-order valence-electron chi connectivity index (χ1n) is 4.44. The molecule has 0 saturated heterocycles. The lowest BCUT2D eigenvalue weighted by Crippen LogP contribution is -2.28. The minimum atomic E-state index is -0.825. The number of hydrazine groups is 1. The van der Waals surface area contributed by atoms with Crippen LogP contribution >= 0.6 is 0 Å². The number of nitrogens with one attached hydrogen (secondary N) is 2. The first-order valence-corrected chi connectivity index (χ1v) is 4.44. The van der Waals surface area contributed by atoms with E-state index in [2.05, 4.69) is 15.7 Å². The highest BCUT2D eigenvalue weighted by atomic mass is 19.1. The predicted octanol–water partition coefficient (Wildman–Crippen LogP) is 1.86. The summed E-state index contributed by atoms with van der Waals surface area (Å²) in [4.78, 5) is 3.68. The molecule has 0 unspecified atom stereocenters. The van der Waals surface area contributed by atoms with Crippen molar-refractivity contribution in [2.75, 3.05) is 10.7 Å². The second-order valence-electron chi connectivity index (χ2n) is 4.17. The summed E-state index contributed by atoms with van der Waals surface area (Å²) >= 11 is 0. The lowest BCUT2D eigenvalue weighted by atomic mass is 10.1. The van der Waals surface area contributed by atoms with Crippen LogP contribution < -0.4 is 16.6 Å². The molecule has 15 heavy (non-hydrogen) atoms. The van der Waals surface area contributed by atoms with Crippen molar-refractivity contribution in [1.29, 1.82) is 0 Å². The highest BCUT2D eigenvalue weighted by Crippen LogP contribution is 2.20. The SMILES string of the molecule is CC(C)(C)Nc1nc(NN)c(F)cc1F. The van der Waals surface area contributed by atoms with Crippen LogP contribution in [0.4, 0.5) is 20.4 Å². The van der Waals surface area contributed by atoms with Crippen LogP contribution in [0.15, 0.2) is 6.07 Å². The highest BCUT2D eigenvalue weighted by molar-refractivity contribution is 5.47. The summed E-state index contributed by atoms with van der Waals surface area (Å²) in [5.74, 6) is 3.24. The summed E-state index contributed by atoms with van der Waals surface area (Å²) in [5.41, 5.74) is 1.69. The Hall–Kier alpha value is -1.43. The van der Waals surface area contributed by atoms with Gasteiger partial charge in [-0.15, -0.1) is 0 Å². The molecular formula is C9H14F2N4. The van der Waals surface area contributed by atoms with Crippen LogP contribution in [0.25, 0.3) is 0 Å². The van der Waals surface area contributed by atoms with Gasteiger partial charge >= 0.3 is 0 Å². The van der Waals surface area contributed by atoms with Crippen LogP contribution in [-0.4, -0.2) is 10.5 Å². The molecule has 0 aliphatic rings. The second-order valence-corrected chi connectivity index (χ2v) is 4.17. The Morgan fingerprint density at radius 2 is 1.73 bits per heavy atom. The van der Waals surface area contributed by atoms with Crippen LogP contribution in [0.5, 0.6) is 0 Å². The third kappa shape index (κ3) is 3.02. The fraction of sp³-hybridized carbons (Fsp3) is 0.444. The van der Waals surface area contributed by atoms with E-state index in [4.69, 9.17) is 5.84 Å². The number of aromatic nitrogens is 1. The third-order valence-corrected chi connectivity index (χ3v) is 1.56. The van der Waals surface area contributed by atoms with Crippen molar-refractivity contribution in [2.24, 2.45) is 5.84 Å². The summed E-state index contributed by atoms with van der Waals surface area (Å²) in [6, 6.07) is 0.732. The maximum absolute atomic E-state index is 13.3. The van der Waals surface area contributed by atoms with Gasteiger partial charge in [0.2, 0.25) is 0 Å². The van der Waals surface area contributed by atoms with Gasteiger partial charge in [-0.25, -0.2) is 19.6 Å². The number of halogens is 2. The minimum Gasteiger partial charge on any atom is -0.363 e. The molecule has 0 aliphatic carbocycles. The van der Waals surface area contributed by atoms with E-state index in [0.717, 1.165) is 6.07 Å². The molecule has 1 aromatic rings. The number of rotatable bonds is 2. The van der Waals surface area contributed by atoms with E-state index < -0.39 is 11.6 Å². The smallest absolute Gasteiger partial charge is 0.178 e. The molecule has 4 nitrogen and oxygen atoms in total. The minimum absolute atomic E-state index is 0.0307. The van der Waals surface area contributed by atoms with Crippen molar-refractivity contribution in [3.05, 3.63) is 17.7 Å². The molecule has 0 amide bonds. The normalized spacial score (nSPS) is 11.3. The van der Waals surface area contributed by atoms with Crippen LogP contribution in [0.2, 0.25) is 0 Å². The van der Waals surface area contributed by atoms with Crippen LogP contribution in [-0.2, 0) is 0 Å². The molecule has 0 atom stereocenters. The molecule has 0 aromatic carbocycles. The Bertz CT molecular complexity index is 360. The number of nitrogens with zero attached hydrogens (tertiary/aromatic N) is 1. The zero-order chi connectivity index (χ0) is 11.6. The molecular weight excluding hydrogens is 202 g/mol. The van der Waals surface area contributed by atoms with Crippen molar-refractivity contribution in [3.8, 4) is 0 Å². The van der Waals surface area contributed by atoms with Gasteiger partial charge in [-0.2, -0.15) is 0 Å². The standard InChI is InChI=1S/C9H14F2N4/c1-9(2,3)14-7-5(10)4-6(11)8(13-7)15-12/h4H,12H2,1-3H3,(H2,13,14,15). The van der Waals surface area contributed by atoms with Crippen molar-refractivity contribution in [1.82, 2.24) is 4.98 Å². The van der Waals surface area contributed by atoms with Crippen LogP contribution in [0.3, 0.4) is 0 Å². The van der Waals surface area contributed by atoms with Crippen molar-refractivity contribution >= 4 is 11.6 Å². The molecule has 1 heterocycles. The van der Waals surface area contributed by atoms with Gasteiger partial charge in [0.25, 0.3) is 0 Å². The number of anilines is 2. The van der Waals surface area contributed by atoms with Gasteiger partial charge < -0.3 is 10.7 Å². The Labute approximate surface area is 86.9 Å². The van der Waals surface area contributed by atoms with Crippen molar-refractivity contribution < 1.29 is 8.78 Å². The number of pyridine rings is 1. The molecule has 0 radical (unpaired) electrons. The number of nitrogens with two attached hydrogens (primary N) is 1. The first-order chi connectivity index (χ1) is 6.83. The summed E-state index contributed by atoms with van der Waals surface area (Å²) in [5, 5.41) is 2.80. The molecule has 84 valence electrons. The van der Waals surface area contributed by atoms with E-state index in [9.17, 15) is 8.78 Å². The molecule has 0 fully saturated rings. The molecule has 4 N–H and O–H groups in total. The molecule has 0 spiro atoms. The van der Waals surface area contributed by atoms with Gasteiger partial charge in [-0.3, -0.25) is 0 Å². The summed E-state index contributed by atoms with van der Waals surface area (Å²) < 4.78 is 26.3. The predicted molar refractivity (Wildman–Crippen MR) is 55.3 cm³/mol. The lowest BCUT2D eigenvalue weighted by Gasteiger charge is -2.22. The highest BCUT2D eigenvalue weighted by Gasteiger charge is 2.16. The molecule has 1 rings (SSSR count). The Balaban J connectivity index is 3.08. The van der Waals surface area contributed by atoms with E-state index in [1.165, 1.54) is 0 Å². The first kappa shape index (κ1) is 11.6. The molecule has 1 aromatic heterocycles. The summed E-state index contributed by atoms with van der Waals surface area (Å²) in [7, 11) is 0. The monoisotopic (exact) mass is 216 g/mol. The second kappa shape index (κ2) is 3.98. The molecule has 0 aliphatic heterocycles. The van der Waals surface area contributed by atoms with E-state index >= 15 is 0 Å². The van der Waals surface area contributed by atoms with Gasteiger partial charge in [0, 0.05) is 11.6 Å². The van der Waals surface area contributed by atoms with Gasteiger partial charge in [-0.1, -0.05) is 0 Å². The van der Waals surface area contributed by atoms with E-state index in [0.29, 0.717) is 0 Å². The quantitative estimate of drug-likeness (QED) is 0.521. The van der Waals surface area contributed by atoms with Gasteiger partial charge in [-0.05, 0) is 20.8 Å². The zero-order valence-corrected chi connectivity index (χ0v) is 8.86. The molecule has 6 heteroatoms. The van der Waals surface area contributed by atoms with E-state index in [1.807, 2.05) is 20.8 Å². The van der Waals surface area contributed by atoms with Gasteiger partial charge in [0.1, 0.15) is 0 Å². The number of nitrogen functional groups attached to an aromatic ring is 1. The fourth-order valence-electron chi connectivity index (χ4n) is 1.01. The van der Waals surface area contributed by atoms with Crippen LogP contribution in [0.1, 0.15) is 20.8 Å². The Morgan fingerprint density at radius 3 is 2.20 bits per heavy atom. The molecule has 0 bridgehead atoms. The topological polar surface area (TPSA) is 63.0 Å². The number of hydrogen-bond donors (Lipinski definition) is 3. The van der Waals surface area contributed by atoms with Crippen molar-refractivity contribution in [2.45, 2.75) is 26.3 Å². The fourth-order valence-corrected chi connectivity index (χ4v) is 1.01. The molecule has 0 saturated carbocycles. The maximum Gasteiger partial charge on any atom is 0.178 e. The van der Waals surface area contributed by atoms with E-state index in [-0.39, 0.29) is 17.2 Å². The average molecular weight is 216 g/mol. The van der Waals surface area contributed by atoms with Crippen molar-refractivity contribution in [3.63, 3.8) is 0 Å². The maximum atomic E-state index is 13.3. The van der Waals surface area contributed by atoms with Gasteiger partial charge in [0.15, 0.2) is 23.3 Å². The Morgan fingerprint density at radius 1 is 1.20 bits per heavy atom. The largest absolute Gasteiger partial charge is 0.363 e.